The number of carboxylic acid groups (broad SMARTS) is 1. The number of hydrogen-bond acceptors (Lipinski definition) is 5. The second-order valence-corrected chi connectivity index (χ2v) is 2.69. The van der Waals surface area contributed by atoms with Gasteiger partial charge >= 0.3 is 11.9 Å². The van der Waals surface area contributed by atoms with Crippen molar-refractivity contribution in [2.75, 3.05) is 13.2 Å². The molecule has 0 unspecified atom stereocenters. The minimum Gasteiger partial charge on any atom is -0.478 e. The molecule has 15 heavy (non-hydrogen) atoms. The van der Waals surface area contributed by atoms with Crippen molar-refractivity contribution in [3.05, 3.63) is 29.6 Å². The number of carboxylic acids is 1. The van der Waals surface area contributed by atoms with Crippen LogP contribution in [0, 0.1) is 0 Å². The number of esters is 1. The lowest BCUT2D eigenvalue weighted by molar-refractivity contribution is 0.0516. The number of hydrogen-bond donors (Lipinski definition) is 2. The average Bonchev–Trinajstić information content (AvgIpc) is 2.26. The van der Waals surface area contributed by atoms with Crippen LogP contribution in [0.1, 0.15) is 20.7 Å². The monoisotopic (exact) mass is 210 g/mol. The molecule has 6 heteroatoms. The highest BCUT2D eigenvalue weighted by Crippen LogP contribution is 2.04. The van der Waals surface area contributed by atoms with Gasteiger partial charge in [-0.05, 0) is 6.07 Å². The van der Waals surface area contributed by atoms with Crippen molar-refractivity contribution in [3.8, 4) is 0 Å². The van der Waals surface area contributed by atoms with Crippen molar-refractivity contribution in [2.24, 2.45) is 5.73 Å². The topological polar surface area (TPSA) is 103 Å². The van der Waals surface area contributed by atoms with Gasteiger partial charge in [0, 0.05) is 18.9 Å². The number of aromatic nitrogens is 1. The van der Waals surface area contributed by atoms with Crippen molar-refractivity contribution >= 4 is 11.9 Å². The van der Waals surface area contributed by atoms with Gasteiger partial charge in [0.05, 0.1) is 11.1 Å². The van der Waals surface area contributed by atoms with Gasteiger partial charge in [-0.2, -0.15) is 0 Å². The first-order valence-corrected chi connectivity index (χ1v) is 4.20. The van der Waals surface area contributed by atoms with Crippen LogP contribution in [-0.4, -0.2) is 35.2 Å². The molecule has 3 N–H and O–H groups in total. The molecule has 0 aliphatic carbocycles. The molecule has 0 fully saturated rings. The number of nitrogens with zero attached hydrogens (tertiary/aromatic N) is 1. The zero-order valence-corrected chi connectivity index (χ0v) is 7.84. The van der Waals surface area contributed by atoms with Crippen molar-refractivity contribution in [3.63, 3.8) is 0 Å². The van der Waals surface area contributed by atoms with E-state index in [9.17, 15) is 9.59 Å². The smallest absolute Gasteiger partial charge is 0.339 e. The summed E-state index contributed by atoms with van der Waals surface area (Å²) < 4.78 is 4.72. The predicted octanol–water partition coefficient (Wildman–Crippen LogP) is -0.105. The molecule has 0 saturated heterocycles. The van der Waals surface area contributed by atoms with E-state index in [1.807, 2.05) is 0 Å². The van der Waals surface area contributed by atoms with E-state index >= 15 is 0 Å². The number of rotatable bonds is 4. The summed E-state index contributed by atoms with van der Waals surface area (Å²) in [6.07, 6.45) is 2.40. The molecule has 0 aliphatic heterocycles. The molecule has 6 nitrogen and oxygen atoms in total. The highest BCUT2D eigenvalue weighted by atomic mass is 16.5. The number of carbonyl (C=O) groups is 2. The Hall–Kier alpha value is -1.95. The van der Waals surface area contributed by atoms with Crippen LogP contribution in [0.4, 0.5) is 0 Å². The number of aromatic carboxylic acids is 1. The summed E-state index contributed by atoms with van der Waals surface area (Å²) in [6, 6.07) is 1.20. The quantitative estimate of drug-likeness (QED) is 0.672. The summed E-state index contributed by atoms with van der Waals surface area (Å²) in [5, 5.41) is 8.65. The largest absolute Gasteiger partial charge is 0.478 e. The van der Waals surface area contributed by atoms with Gasteiger partial charge in [-0.3, -0.25) is 4.98 Å². The van der Waals surface area contributed by atoms with Crippen molar-refractivity contribution in [1.82, 2.24) is 4.98 Å². The second-order valence-electron chi connectivity index (χ2n) is 2.69. The molecule has 0 spiro atoms. The van der Waals surface area contributed by atoms with Crippen LogP contribution in [0.15, 0.2) is 18.5 Å². The molecule has 0 aromatic carbocycles. The maximum atomic E-state index is 11.3. The van der Waals surface area contributed by atoms with Crippen molar-refractivity contribution < 1.29 is 19.4 Å². The summed E-state index contributed by atoms with van der Waals surface area (Å²) in [7, 11) is 0. The Labute approximate surface area is 85.7 Å². The summed E-state index contributed by atoms with van der Waals surface area (Å²) in [5.41, 5.74) is 5.19. The van der Waals surface area contributed by atoms with Gasteiger partial charge < -0.3 is 15.6 Å². The van der Waals surface area contributed by atoms with E-state index in [0.717, 1.165) is 6.20 Å². The Bertz CT molecular complexity index is 378. The molecule has 0 amide bonds. The lowest BCUT2D eigenvalue weighted by atomic mass is 10.2. The SMILES string of the molecule is NCCOC(=O)c1cncc(C(=O)O)c1. The van der Waals surface area contributed by atoms with Crippen LogP contribution in [0.2, 0.25) is 0 Å². The zero-order valence-electron chi connectivity index (χ0n) is 7.84. The molecular formula is C9H10N2O4. The van der Waals surface area contributed by atoms with E-state index < -0.39 is 11.9 Å². The zero-order chi connectivity index (χ0) is 11.3. The Morgan fingerprint density at radius 1 is 1.40 bits per heavy atom. The second kappa shape index (κ2) is 5.06. The lowest BCUT2D eigenvalue weighted by Gasteiger charge is -2.02. The van der Waals surface area contributed by atoms with Gasteiger partial charge in [-0.1, -0.05) is 0 Å². The average molecular weight is 210 g/mol. The number of ether oxygens (including phenoxy) is 1. The third-order valence-electron chi connectivity index (χ3n) is 1.57. The van der Waals surface area contributed by atoms with Crippen LogP contribution in [0.3, 0.4) is 0 Å². The molecule has 1 aromatic heterocycles. The van der Waals surface area contributed by atoms with Gasteiger partial charge in [0.15, 0.2) is 0 Å². The number of carbonyl (C=O) groups excluding carboxylic acids is 1. The van der Waals surface area contributed by atoms with E-state index in [1.165, 1.54) is 12.3 Å². The van der Waals surface area contributed by atoms with Gasteiger partial charge in [0.2, 0.25) is 0 Å². The first kappa shape index (κ1) is 11.1. The van der Waals surface area contributed by atoms with Gasteiger partial charge in [-0.25, -0.2) is 9.59 Å². The van der Waals surface area contributed by atoms with Gasteiger partial charge in [0.25, 0.3) is 0 Å². The molecule has 0 atom stereocenters. The Kier molecular flexibility index (Phi) is 3.75. The van der Waals surface area contributed by atoms with Crippen LogP contribution in [-0.2, 0) is 4.74 Å². The highest BCUT2D eigenvalue weighted by Gasteiger charge is 2.10. The molecule has 0 radical (unpaired) electrons. The fourth-order valence-corrected chi connectivity index (χ4v) is 0.903. The van der Waals surface area contributed by atoms with Crippen molar-refractivity contribution in [2.45, 2.75) is 0 Å². The summed E-state index contributed by atoms with van der Waals surface area (Å²) in [5.74, 6) is -1.77. The predicted molar refractivity (Wildman–Crippen MR) is 50.5 cm³/mol. The number of nitrogens with two attached hydrogens (primary N) is 1. The summed E-state index contributed by atoms with van der Waals surface area (Å²) in [4.78, 5) is 25.5. The Morgan fingerprint density at radius 3 is 2.67 bits per heavy atom. The van der Waals surface area contributed by atoms with Gasteiger partial charge in [0.1, 0.15) is 6.61 Å². The van der Waals surface area contributed by atoms with E-state index in [1.54, 1.807) is 0 Å². The summed E-state index contributed by atoms with van der Waals surface area (Å²) in [6.45, 7) is 0.313. The first-order chi connectivity index (χ1) is 7.15. The van der Waals surface area contributed by atoms with Crippen LogP contribution in [0.5, 0.6) is 0 Å². The third kappa shape index (κ3) is 3.03. The molecule has 0 aliphatic rings. The molecular weight excluding hydrogens is 200 g/mol. The molecule has 1 heterocycles. The molecule has 0 bridgehead atoms. The maximum Gasteiger partial charge on any atom is 0.339 e. The Morgan fingerprint density at radius 2 is 2.07 bits per heavy atom. The van der Waals surface area contributed by atoms with Crippen LogP contribution >= 0.6 is 0 Å². The lowest BCUT2D eigenvalue weighted by Crippen LogP contribution is -2.14. The molecule has 0 saturated carbocycles. The van der Waals surface area contributed by atoms with E-state index in [0.29, 0.717) is 0 Å². The maximum absolute atomic E-state index is 11.3. The van der Waals surface area contributed by atoms with E-state index in [-0.39, 0.29) is 24.3 Å². The summed E-state index contributed by atoms with van der Waals surface area (Å²) >= 11 is 0. The van der Waals surface area contributed by atoms with E-state index in [4.69, 9.17) is 15.6 Å². The molecule has 80 valence electrons. The van der Waals surface area contributed by atoms with Gasteiger partial charge in [-0.15, -0.1) is 0 Å². The third-order valence-corrected chi connectivity index (χ3v) is 1.57. The molecule has 1 rings (SSSR count). The standard InChI is InChI=1S/C9H10N2O4/c10-1-2-15-9(14)7-3-6(8(12)13)4-11-5-7/h3-5H,1-2,10H2,(H,12,13). The van der Waals surface area contributed by atoms with E-state index in [2.05, 4.69) is 4.98 Å². The first-order valence-electron chi connectivity index (χ1n) is 4.20. The Balaban J connectivity index is 2.81. The number of pyridine rings is 1. The van der Waals surface area contributed by atoms with Crippen LogP contribution in [0.25, 0.3) is 0 Å². The fraction of sp³-hybridized carbons (Fsp3) is 0.222. The fourth-order valence-electron chi connectivity index (χ4n) is 0.903. The normalized spacial score (nSPS) is 9.67. The minimum absolute atomic E-state index is 0.0581. The molecule has 1 aromatic rings. The van der Waals surface area contributed by atoms with Crippen molar-refractivity contribution in [1.29, 1.82) is 0 Å². The highest BCUT2D eigenvalue weighted by molar-refractivity contribution is 5.93. The minimum atomic E-state index is -1.14. The van der Waals surface area contributed by atoms with Crippen LogP contribution < -0.4 is 5.73 Å².